The van der Waals surface area contributed by atoms with E-state index in [9.17, 15) is 18.0 Å². The number of hydrogen-bond donors (Lipinski definition) is 2. The largest absolute Gasteiger partial charge is 0.368 e. The van der Waals surface area contributed by atoms with Crippen LogP contribution < -0.4 is 15.4 Å². The van der Waals surface area contributed by atoms with Crippen molar-refractivity contribution in [2.24, 2.45) is 5.14 Å². The van der Waals surface area contributed by atoms with Crippen LogP contribution in [-0.4, -0.2) is 49.6 Å². The van der Waals surface area contributed by atoms with E-state index >= 15 is 0 Å². The van der Waals surface area contributed by atoms with E-state index in [4.69, 9.17) is 5.14 Å². The first-order valence-corrected chi connectivity index (χ1v) is 11.6. The summed E-state index contributed by atoms with van der Waals surface area (Å²) < 4.78 is 23.6. The molecule has 1 saturated heterocycles. The van der Waals surface area contributed by atoms with E-state index in [1.165, 1.54) is 18.2 Å². The quantitative estimate of drug-likeness (QED) is 0.751. The molecule has 0 atom stereocenters. The molecule has 0 radical (unpaired) electrons. The summed E-state index contributed by atoms with van der Waals surface area (Å²) in [6.07, 6.45) is 4.40. The van der Waals surface area contributed by atoms with Gasteiger partial charge in [-0.3, -0.25) is 14.6 Å². The van der Waals surface area contributed by atoms with Crippen molar-refractivity contribution in [3.63, 3.8) is 0 Å². The molecule has 2 aliphatic rings. The maximum absolute atomic E-state index is 13.0. The zero-order chi connectivity index (χ0) is 20.6. The number of nitrogens with two attached hydrogens (primary N) is 1. The molecule has 1 aromatic heterocycles. The lowest BCUT2D eigenvalue weighted by molar-refractivity contribution is 0.0983. The van der Waals surface area contributed by atoms with Crippen molar-refractivity contribution in [1.29, 1.82) is 0 Å². The third-order valence-corrected chi connectivity index (χ3v) is 6.66. The molecule has 0 spiro atoms. The Morgan fingerprint density at radius 3 is 2.62 bits per heavy atom. The number of sulfonamides is 1. The van der Waals surface area contributed by atoms with Gasteiger partial charge in [0.25, 0.3) is 0 Å². The van der Waals surface area contributed by atoms with Crippen LogP contribution in [0.4, 0.5) is 11.4 Å². The predicted octanol–water partition coefficient (Wildman–Crippen LogP) is 1.66. The molecular formula is C19H18N4O4S2. The Morgan fingerprint density at radius 1 is 1.14 bits per heavy atom. The number of hydrogen-bond acceptors (Lipinski definition) is 8. The highest BCUT2D eigenvalue weighted by Crippen LogP contribution is 2.31. The van der Waals surface area contributed by atoms with Crippen LogP contribution in [-0.2, 0) is 10.0 Å². The number of nitrogens with one attached hydrogen (secondary N) is 1. The Kier molecular flexibility index (Phi) is 5.15. The van der Waals surface area contributed by atoms with E-state index in [2.05, 4.69) is 15.2 Å². The summed E-state index contributed by atoms with van der Waals surface area (Å²) in [4.78, 5) is 31.6. The summed E-state index contributed by atoms with van der Waals surface area (Å²) in [5, 5.41) is 8.23. The lowest BCUT2D eigenvalue weighted by atomic mass is 9.92. The molecule has 2 heterocycles. The number of aromatic nitrogens is 1. The van der Waals surface area contributed by atoms with Crippen molar-refractivity contribution in [2.45, 2.75) is 4.90 Å². The molecule has 4 rings (SSSR count). The van der Waals surface area contributed by atoms with Crippen LogP contribution in [0, 0.1) is 0 Å². The summed E-state index contributed by atoms with van der Waals surface area (Å²) in [5.74, 6) is 0.942. The number of primary sulfonamides is 1. The molecule has 0 amide bonds. The number of ketones is 2. The monoisotopic (exact) mass is 430 g/mol. The Labute approximate surface area is 172 Å². The average Bonchev–Trinajstić information content (AvgIpc) is 2.72. The predicted molar refractivity (Wildman–Crippen MR) is 112 cm³/mol. The van der Waals surface area contributed by atoms with Crippen LogP contribution in [0.5, 0.6) is 0 Å². The van der Waals surface area contributed by atoms with Gasteiger partial charge in [0.15, 0.2) is 5.78 Å². The number of Topliss-reactive ketones (excluding diaryl/α,β-unsaturated/α-hetero) is 1. The minimum Gasteiger partial charge on any atom is -0.368 e. The Balaban J connectivity index is 1.70. The van der Waals surface area contributed by atoms with Gasteiger partial charge in [0.2, 0.25) is 15.8 Å². The molecule has 3 N–H and O–H groups in total. The normalized spacial score (nSPS) is 17.0. The minimum atomic E-state index is -4.14. The molecule has 0 unspecified atom stereocenters. The molecule has 150 valence electrons. The van der Waals surface area contributed by atoms with Crippen LogP contribution in [0.3, 0.4) is 0 Å². The van der Waals surface area contributed by atoms with Gasteiger partial charge in [-0.1, -0.05) is 12.1 Å². The fourth-order valence-corrected chi connectivity index (χ4v) is 5.09. The van der Waals surface area contributed by atoms with Gasteiger partial charge in [-0.15, -0.1) is 0 Å². The maximum atomic E-state index is 13.0. The second-order valence-electron chi connectivity index (χ2n) is 6.59. The van der Waals surface area contributed by atoms with Crippen molar-refractivity contribution in [2.75, 3.05) is 34.8 Å². The highest BCUT2D eigenvalue weighted by Gasteiger charge is 2.31. The Morgan fingerprint density at radius 2 is 1.90 bits per heavy atom. The van der Waals surface area contributed by atoms with E-state index < -0.39 is 21.6 Å². The SMILES string of the molecule is NS(=O)(=O)c1cccc2c1C(=O)C=C(Nc1cnccc1N1CCSCC1)C2=O. The molecule has 29 heavy (non-hydrogen) atoms. The summed E-state index contributed by atoms with van der Waals surface area (Å²) >= 11 is 1.88. The van der Waals surface area contributed by atoms with Crippen LogP contribution in [0.15, 0.2) is 53.3 Å². The number of fused-ring (bicyclic) bond motifs is 1. The van der Waals surface area contributed by atoms with Crippen molar-refractivity contribution in [3.8, 4) is 0 Å². The van der Waals surface area contributed by atoms with Crippen LogP contribution in [0.25, 0.3) is 0 Å². The van der Waals surface area contributed by atoms with E-state index in [-0.39, 0.29) is 21.7 Å². The Bertz CT molecular complexity index is 1140. The highest BCUT2D eigenvalue weighted by atomic mass is 32.2. The third-order valence-electron chi connectivity index (χ3n) is 4.76. The standard InChI is InChI=1S/C19H18N4O4S2/c20-29(26,27)17-3-1-2-12-18(17)16(24)10-13(19(12)25)22-14-11-21-5-4-15(14)23-6-8-28-9-7-23/h1-5,10-11,22H,6-9H2,(H2,20,26,27). The number of allylic oxidation sites excluding steroid dienone is 2. The van der Waals surface area contributed by atoms with Crippen LogP contribution in [0.1, 0.15) is 20.7 Å². The average molecular weight is 431 g/mol. The summed E-state index contributed by atoms with van der Waals surface area (Å²) in [6.45, 7) is 1.74. The topological polar surface area (TPSA) is 122 Å². The van der Waals surface area contributed by atoms with E-state index in [0.29, 0.717) is 5.69 Å². The number of anilines is 2. The minimum absolute atomic E-state index is 0.00587. The zero-order valence-electron chi connectivity index (χ0n) is 15.3. The second-order valence-corrected chi connectivity index (χ2v) is 9.35. The summed E-state index contributed by atoms with van der Waals surface area (Å²) in [7, 11) is -4.14. The van der Waals surface area contributed by atoms with E-state index in [0.717, 1.165) is 36.4 Å². The lowest BCUT2D eigenvalue weighted by Gasteiger charge is -2.30. The van der Waals surface area contributed by atoms with Gasteiger partial charge in [0.1, 0.15) is 0 Å². The molecule has 0 bridgehead atoms. The second kappa shape index (κ2) is 7.62. The molecular weight excluding hydrogens is 412 g/mol. The number of carbonyl (C=O) groups is 2. The van der Waals surface area contributed by atoms with Gasteiger partial charge in [0.05, 0.1) is 33.7 Å². The Hall–Kier alpha value is -2.69. The van der Waals surface area contributed by atoms with Gasteiger partial charge < -0.3 is 10.2 Å². The summed E-state index contributed by atoms with van der Waals surface area (Å²) in [5.41, 5.74) is 1.38. The smallest absolute Gasteiger partial charge is 0.238 e. The van der Waals surface area contributed by atoms with Gasteiger partial charge in [-0.25, -0.2) is 13.6 Å². The third kappa shape index (κ3) is 3.78. The number of nitrogens with zero attached hydrogens (tertiary/aromatic N) is 2. The van der Waals surface area contributed by atoms with Crippen molar-refractivity contribution < 1.29 is 18.0 Å². The molecule has 8 nitrogen and oxygen atoms in total. The first-order chi connectivity index (χ1) is 13.9. The molecule has 1 aliphatic heterocycles. The van der Waals surface area contributed by atoms with Crippen molar-refractivity contribution in [1.82, 2.24) is 4.98 Å². The van der Waals surface area contributed by atoms with Gasteiger partial charge in [-0.2, -0.15) is 11.8 Å². The first-order valence-electron chi connectivity index (χ1n) is 8.86. The number of pyridine rings is 1. The van der Waals surface area contributed by atoms with E-state index in [1.807, 2.05) is 17.8 Å². The molecule has 10 heteroatoms. The number of carbonyl (C=O) groups excluding carboxylic acids is 2. The van der Waals surface area contributed by atoms with Crippen molar-refractivity contribution >= 4 is 44.7 Å². The molecule has 1 aromatic carbocycles. The zero-order valence-corrected chi connectivity index (χ0v) is 16.9. The summed E-state index contributed by atoms with van der Waals surface area (Å²) in [6, 6.07) is 5.90. The number of rotatable bonds is 4. The van der Waals surface area contributed by atoms with Crippen LogP contribution >= 0.6 is 11.8 Å². The van der Waals surface area contributed by atoms with Gasteiger partial charge in [-0.05, 0) is 12.1 Å². The van der Waals surface area contributed by atoms with Crippen molar-refractivity contribution in [3.05, 3.63) is 59.6 Å². The highest BCUT2D eigenvalue weighted by molar-refractivity contribution is 7.99. The molecule has 1 fully saturated rings. The van der Waals surface area contributed by atoms with Gasteiger partial charge in [0, 0.05) is 42.4 Å². The van der Waals surface area contributed by atoms with Crippen LogP contribution in [0.2, 0.25) is 0 Å². The first kappa shape index (κ1) is 19.6. The number of thioether (sulfide) groups is 1. The van der Waals surface area contributed by atoms with Gasteiger partial charge >= 0.3 is 0 Å². The number of benzene rings is 1. The molecule has 2 aromatic rings. The maximum Gasteiger partial charge on any atom is 0.238 e. The van der Waals surface area contributed by atoms with E-state index in [1.54, 1.807) is 12.4 Å². The molecule has 0 saturated carbocycles. The molecule has 1 aliphatic carbocycles. The fourth-order valence-electron chi connectivity index (χ4n) is 3.43. The fraction of sp³-hybridized carbons (Fsp3) is 0.211. The lowest BCUT2D eigenvalue weighted by Crippen LogP contribution is -2.33.